The first-order valence-corrected chi connectivity index (χ1v) is 8.20. The molecule has 0 saturated heterocycles. The second kappa shape index (κ2) is 10.1. The Bertz CT molecular complexity index is 457. The Kier molecular flexibility index (Phi) is 8.48. The van der Waals surface area contributed by atoms with E-state index in [2.05, 4.69) is 48.5 Å². The van der Waals surface area contributed by atoms with Gasteiger partial charge >= 0.3 is 0 Å². The van der Waals surface area contributed by atoms with E-state index in [9.17, 15) is 0 Å². The van der Waals surface area contributed by atoms with Crippen LogP contribution in [-0.4, -0.2) is 58.2 Å². The van der Waals surface area contributed by atoms with E-state index in [0.717, 1.165) is 37.8 Å². The zero-order valence-corrected chi connectivity index (χ0v) is 15.2. The molecule has 1 rings (SSSR count). The van der Waals surface area contributed by atoms with Crippen LogP contribution in [0.5, 0.6) is 5.75 Å². The van der Waals surface area contributed by atoms with Crippen molar-refractivity contribution in [3.63, 3.8) is 0 Å². The van der Waals surface area contributed by atoms with E-state index in [1.807, 2.05) is 30.3 Å². The minimum absolute atomic E-state index is 0.192. The van der Waals surface area contributed by atoms with Gasteiger partial charge in [-0.05, 0) is 38.1 Å². The molecule has 1 aromatic carbocycles. The summed E-state index contributed by atoms with van der Waals surface area (Å²) in [6, 6.07) is 9.90. The van der Waals surface area contributed by atoms with E-state index in [0.29, 0.717) is 6.61 Å². The number of benzene rings is 1. The van der Waals surface area contributed by atoms with Gasteiger partial charge in [0.05, 0.1) is 6.61 Å². The SMILES string of the molecule is CN=C(NCCCOc1ccccc1)NCC(C)(C)CN(C)C. The highest BCUT2D eigenvalue weighted by Crippen LogP contribution is 2.13. The standard InChI is InChI=1S/C18H32N4O/c1-18(2,15-22(4)5)14-21-17(19-3)20-12-9-13-23-16-10-7-6-8-11-16/h6-8,10-11H,9,12-15H2,1-5H3,(H2,19,20,21). The largest absolute Gasteiger partial charge is 0.494 e. The molecule has 0 atom stereocenters. The average Bonchev–Trinajstić information content (AvgIpc) is 2.49. The Morgan fingerprint density at radius 2 is 1.87 bits per heavy atom. The molecule has 0 aliphatic rings. The van der Waals surface area contributed by atoms with Gasteiger partial charge in [0.2, 0.25) is 0 Å². The van der Waals surface area contributed by atoms with Crippen LogP contribution in [0.4, 0.5) is 0 Å². The smallest absolute Gasteiger partial charge is 0.190 e. The second-order valence-electron chi connectivity index (χ2n) is 6.77. The average molecular weight is 320 g/mol. The van der Waals surface area contributed by atoms with E-state index in [4.69, 9.17) is 4.74 Å². The van der Waals surface area contributed by atoms with Gasteiger partial charge < -0.3 is 20.3 Å². The summed E-state index contributed by atoms with van der Waals surface area (Å²) in [5.41, 5.74) is 0.192. The fourth-order valence-corrected chi connectivity index (χ4v) is 2.44. The van der Waals surface area contributed by atoms with Gasteiger partial charge in [-0.1, -0.05) is 32.0 Å². The molecule has 2 N–H and O–H groups in total. The van der Waals surface area contributed by atoms with Crippen LogP contribution in [0.25, 0.3) is 0 Å². The number of nitrogens with zero attached hydrogens (tertiary/aromatic N) is 2. The van der Waals surface area contributed by atoms with Gasteiger partial charge in [0.15, 0.2) is 5.96 Å². The van der Waals surface area contributed by atoms with Crippen LogP contribution in [0.2, 0.25) is 0 Å². The molecule has 0 bridgehead atoms. The summed E-state index contributed by atoms with van der Waals surface area (Å²) in [5.74, 6) is 1.76. The Morgan fingerprint density at radius 3 is 2.48 bits per heavy atom. The first kappa shape index (κ1) is 19.3. The maximum absolute atomic E-state index is 5.67. The second-order valence-corrected chi connectivity index (χ2v) is 6.77. The van der Waals surface area contributed by atoms with E-state index >= 15 is 0 Å². The van der Waals surface area contributed by atoms with Crippen LogP contribution in [0.3, 0.4) is 0 Å². The molecule has 0 spiro atoms. The minimum atomic E-state index is 0.192. The first-order valence-electron chi connectivity index (χ1n) is 8.20. The molecule has 23 heavy (non-hydrogen) atoms. The number of ether oxygens (including phenoxy) is 1. The predicted molar refractivity (Wildman–Crippen MR) is 98.3 cm³/mol. The highest BCUT2D eigenvalue weighted by atomic mass is 16.5. The molecule has 5 heteroatoms. The number of aliphatic imine (C=N–C) groups is 1. The maximum Gasteiger partial charge on any atom is 0.190 e. The predicted octanol–water partition coefficient (Wildman–Crippen LogP) is 2.21. The Labute approximate surface area is 141 Å². The summed E-state index contributed by atoms with van der Waals surface area (Å²) in [4.78, 5) is 6.47. The van der Waals surface area contributed by atoms with Crippen molar-refractivity contribution in [2.24, 2.45) is 10.4 Å². The van der Waals surface area contributed by atoms with Crippen molar-refractivity contribution in [1.29, 1.82) is 0 Å². The van der Waals surface area contributed by atoms with Gasteiger partial charge in [-0.15, -0.1) is 0 Å². The molecule has 0 aromatic heterocycles. The summed E-state index contributed by atoms with van der Waals surface area (Å²) >= 11 is 0. The molecule has 1 aromatic rings. The summed E-state index contributed by atoms with van der Waals surface area (Å²) in [5, 5.41) is 6.72. The van der Waals surface area contributed by atoms with Crippen LogP contribution >= 0.6 is 0 Å². The topological polar surface area (TPSA) is 48.9 Å². The Balaban J connectivity index is 2.19. The quantitative estimate of drug-likeness (QED) is 0.416. The van der Waals surface area contributed by atoms with Crippen molar-refractivity contribution in [2.75, 3.05) is 47.4 Å². The molecule has 0 heterocycles. The Hall–Kier alpha value is -1.75. The molecular weight excluding hydrogens is 288 g/mol. The first-order chi connectivity index (χ1) is 10.9. The highest BCUT2D eigenvalue weighted by Gasteiger charge is 2.19. The van der Waals surface area contributed by atoms with Gasteiger partial charge in [0.1, 0.15) is 5.75 Å². The molecule has 0 unspecified atom stereocenters. The van der Waals surface area contributed by atoms with Gasteiger partial charge in [0.25, 0.3) is 0 Å². The number of hydrogen-bond donors (Lipinski definition) is 2. The number of nitrogens with one attached hydrogen (secondary N) is 2. The lowest BCUT2D eigenvalue weighted by Crippen LogP contribution is -2.45. The molecule has 0 aliphatic heterocycles. The van der Waals surface area contributed by atoms with Crippen LogP contribution in [-0.2, 0) is 0 Å². The molecular formula is C18H32N4O. The van der Waals surface area contributed by atoms with Crippen molar-refractivity contribution in [2.45, 2.75) is 20.3 Å². The summed E-state index contributed by atoms with van der Waals surface area (Å²) in [6.07, 6.45) is 0.927. The van der Waals surface area contributed by atoms with Gasteiger partial charge in [-0.25, -0.2) is 0 Å². The lowest BCUT2D eigenvalue weighted by Gasteiger charge is -2.29. The van der Waals surface area contributed by atoms with E-state index in [1.165, 1.54) is 0 Å². The number of hydrogen-bond acceptors (Lipinski definition) is 3. The summed E-state index contributed by atoms with van der Waals surface area (Å²) in [6.45, 7) is 7.94. The number of rotatable bonds is 9. The molecule has 0 fully saturated rings. The van der Waals surface area contributed by atoms with Crippen LogP contribution < -0.4 is 15.4 Å². The maximum atomic E-state index is 5.67. The molecule has 5 nitrogen and oxygen atoms in total. The molecule has 0 saturated carbocycles. The third-order valence-corrected chi connectivity index (χ3v) is 3.33. The summed E-state index contributed by atoms with van der Waals surface area (Å²) < 4.78 is 5.67. The van der Waals surface area contributed by atoms with E-state index < -0.39 is 0 Å². The van der Waals surface area contributed by atoms with E-state index in [1.54, 1.807) is 7.05 Å². The minimum Gasteiger partial charge on any atom is -0.494 e. The van der Waals surface area contributed by atoms with Crippen molar-refractivity contribution in [3.05, 3.63) is 30.3 Å². The van der Waals surface area contributed by atoms with E-state index in [-0.39, 0.29) is 5.41 Å². The van der Waals surface area contributed by atoms with Gasteiger partial charge in [-0.2, -0.15) is 0 Å². The summed E-state index contributed by atoms with van der Waals surface area (Å²) in [7, 11) is 6.00. The fourth-order valence-electron chi connectivity index (χ4n) is 2.44. The van der Waals surface area contributed by atoms with Crippen LogP contribution in [0, 0.1) is 5.41 Å². The third kappa shape index (κ3) is 9.08. The zero-order valence-electron chi connectivity index (χ0n) is 15.2. The van der Waals surface area contributed by atoms with Crippen LogP contribution in [0.15, 0.2) is 35.3 Å². The molecule has 130 valence electrons. The third-order valence-electron chi connectivity index (χ3n) is 3.33. The van der Waals surface area contributed by atoms with Crippen LogP contribution in [0.1, 0.15) is 20.3 Å². The van der Waals surface area contributed by atoms with Crippen molar-refractivity contribution in [1.82, 2.24) is 15.5 Å². The number of para-hydroxylation sites is 1. The zero-order chi connectivity index (χ0) is 17.1. The van der Waals surface area contributed by atoms with Crippen molar-refractivity contribution < 1.29 is 4.74 Å². The van der Waals surface area contributed by atoms with Crippen molar-refractivity contribution in [3.8, 4) is 5.75 Å². The van der Waals surface area contributed by atoms with Crippen molar-refractivity contribution >= 4 is 5.96 Å². The highest BCUT2D eigenvalue weighted by molar-refractivity contribution is 5.79. The Morgan fingerprint density at radius 1 is 1.17 bits per heavy atom. The molecule has 0 aliphatic carbocycles. The number of guanidine groups is 1. The normalized spacial score (nSPS) is 12.3. The molecule has 0 radical (unpaired) electrons. The fraction of sp³-hybridized carbons (Fsp3) is 0.611. The lowest BCUT2D eigenvalue weighted by molar-refractivity contribution is 0.241. The van der Waals surface area contributed by atoms with Gasteiger partial charge in [-0.3, -0.25) is 4.99 Å². The lowest BCUT2D eigenvalue weighted by atomic mass is 9.93. The molecule has 0 amide bonds. The van der Waals surface area contributed by atoms with Gasteiger partial charge in [0, 0.05) is 26.7 Å². The monoisotopic (exact) mass is 320 g/mol.